The van der Waals surface area contributed by atoms with Crippen LogP contribution < -0.4 is 0 Å². The average Bonchev–Trinajstić information content (AvgIpc) is 2.33. The van der Waals surface area contributed by atoms with Crippen LogP contribution in [0.1, 0.15) is 5.56 Å². The van der Waals surface area contributed by atoms with Crippen LogP contribution in [0.2, 0.25) is 0 Å². The molecule has 0 aliphatic heterocycles. The Labute approximate surface area is 94.7 Å². The Balaban J connectivity index is 2.50. The van der Waals surface area contributed by atoms with Gasteiger partial charge in [-0.25, -0.2) is 0 Å². The van der Waals surface area contributed by atoms with Crippen LogP contribution in [0.4, 0.5) is 0 Å². The summed E-state index contributed by atoms with van der Waals surface area (Å²) < 4.78 is 0. The van der Waals surface area contributed by atoms with Gasteiger partial charge in [0.1, 0.15) is 0 Å². The summed E-state index contributed by atoms with van der Waals surface area (Å²) in [5, 5.41) is 19.1. The van der Waals surface area contributed by atoms with Gasteiger partial charge in [0.05, 0.1) is 0 Å². The van der Waals surface area contributed by atoms with E-state index in [4.69, 9.17) is 0 Å². The molecule has 0 unspecified atom stereocenters. The summed E-state index contributed by atoms with van der Waals surface area (Å²) in [6.45, 7) is 5.44. The van der Waals surface area contributed by atoms with E-state index in [1.807, 2.05) is 24.3 Å². The Kier molecular flexibility index (Phi) is 2.77. The Hall–Kier alpha value is -2.03. The van der Waals surface area contributed by atoms with E-state index in [0.717, 1.165) is 11.1 Å². The van der Waals surface area contributed by atoms with Gasteiger partial charge in [0, 0.05) is 0 Å². The van der Waals surface area contributed by atoms with Crippen LogP contribution in [0.15, 0.2) is 42.9 Å². The van der Waals surface area contributed by atoms with Crippen molar-refractivity contribution in [2.24, 2.45) is 0 Å². The van der Waals surface area contributed by atoms with Crippen LogP contribution in [0, 0.1) is 0 Å². The second-order valence-corrected chi connectivity index (χ2v) is 3.50. The Bertz CT molecular complexity index is 518. The van der Waals surface area contributed by atoms with Gasteiger partial charge in [-0.3, -0.25) is 0 Å². The summed E-state index contributed by atoms with van der Waals surface area (Å²) in [5.74, 6) is 1.50. The molecule has 2 aromatic rings. The van der Waals surface area contributed by atoms with E-state index in [-0.39, 0.29) is 11.5 Å². The van der Waals surface area contributed by atoms with Crippen LogP contribution in [-0.2, 0) is 0 Å². The second-order valence-electron chi connectivity index (χ2n) is 3.50. The molecule has 1 heterocycles. The monoisotopic (exact) mass is 210 g/mol. The summed E-state index contributed by atoms with van der Waals surface area (Å²) in [4.78, 5) is 0. The third-order valence-corrected chi connectivity index (χ3v) is 2.47. The standard InChI is InChI=1S/C13H11BO2/c1-2-9-3-5-10(6-4-9)12-13(16)11(15)7-8-14-12/h2-8,15-16H,1H2. The van der Waals surface area contributed by atoms with Gasteiger partial charge in [-0.2, -0.15) is 0 Å². The van der Waals surface area contributed by atoms with Crippen molar-refractivity contribution in [3.8, 4) is 22.5 Å². The first-order chi connectivity index (χ1) is 7.72. The van der Waals surface area contributed by atoms with Crippen LogP contribution in [0.3, 0.4) is 0 Å². The topological polar surface area (TPSA) is 40.5 Å². The molecule has 2 nitrogen and oxygen atoms in total. The maximum atomic E-state index is 9.71. The molecular weight excluding hydrogens is 199 g/mol. The van der Waals surface area contributed by atoms with Crippen molar-refractivity contribution in [1.29, 1.82) is 0 Å². The molecule has 78 valence electrons. The van der Waals surface area contributed by atoms with Gasteiger partial charge in [-0.05, 0) is 0 Å². The molecular formula is C13H11BO2. The van der Waals surface area contributed by atoms with Crippen molar-refractivity contribution >= 4 is 13.0 Å². The molecule has 0 atom stereocenters. The van der Waals surface area contributed by atoms with Crippen molar-refractivity contribution in [2.75, 3.05) is 0 Å². The van der Waals surface area contributed by atoms with Gasteiger partial charge in [-0.1, -0.05) is 0 Å². The Morgan fingerprint density at radius 2 is 1.75 bits per heavy atom. The van der Waals surface area contributed by atoms with Crippen LogP contribution in [0.25, 0.3) is 17.1 Å². The third kappa shape index (κ3) is 1.84. The minimum atomic E-state index is -0.106. The Morgan fingerprint density at radius 3 is 2.38 bits per heavy atom. The molecule has 1 aromatic carbocycles. The van der Waals surface area contributed by atoms with Crippen molar-refractivity contribution < 1.29 is 10.2 Å². The number of rotatable bonds is 2. The Morgan fingerprint density at radius 1 is 1.06 bits per heavy atom. The molecule has 1 aromatic heterocycles. The molecule has 0 saturated carbocycles. The van der Waals surface area contributed by atoms with E-state index in [2.05, 4.69) is 6.58 Å². The molecule has 0 bridgehead atoms. The number of hydrogen-bond acceptors (Lipinski definition) is 2. The maximum absolute atomic E-state index is 9.71. The molecule has 16 heavy (non-hydrogen) atoms. The zero-order chi connectivity index (χ0) is 11.5. The number of benzene rings is 1. The van der Waals surface area contributed by atoms with Crippen molar-refractivity contribution in [3.05, 3.63) is 48.4 Å². The fourth-order valence-corrected chi connectivity index (χ4v) is 1.56. The van der Waals surface area contributed by atoms with Gasteiger partial charge < -0.3 is 0 Å². The normalized spacial score (nSPS) is 9.75. The van der Waals surface area contributed by atoms with E-state index < -0.39 is 0 Å². The van der Waals surface area contributed by atoms with Crippen LogP contribution in [0.5, 0.6) is 11.5 Å². The molecule has 0 saturated heterocycles. The number of aromatic hydroxyl groups is 2. The minimum absolute atomic E-state index is 0.0890. The fourth-order valence-electron chi connectivity index (χ4n) is 1.56. The quantitative estimate of drug-likeness (QED) is 0.799. The molecule has 2 N–H and O–H groups in total. The van der Waals surface area contributed by atoms with E-state index in [1.54, 1.807) is 18.9 Å². The van der Waals surface area contributed by atoms with Gasteiger partial charge in [-0.15, -0.1) is 0 Å². The van der Waals surface area contributed by atoms with Crippen molar-refractivity contribution in [2.45, 2.75) is 0 Å². The summed E-state index contributed by atoms with van der Waals surface area (Å²) in [6.07, 6.45) is 1.76. The van der Waals surface area contributed by atoms with Gasteiger partial charge in [0.25, 0.3) is 0 Å². The van der Waals surface area contributed by atoms with Crippen molar-refractivity contribution in [1.82, 2.24) is 0 Å². The molecule has 0 amide bonds. The van der Waals surface area contributed by atoms with Crippen LogP contribution >= 0.6 is 0 Å². The van der Waals surface area contributed by atoms with E-state index in [1.165, 1.54) is 6.07 Å². The SMILES string of the molecule is C=Cc1ccc(-c2bccc(O)c2O)cc1. The first-order valence-corrected chi connectivity index (χ1v) is 4.96. The molecule has 2 rings (SSSR count). The summed E-state index contributed by atoms with van der Waals surface area (Å²) >= 11 is 0. The first kappa shape index (κ1) is 10.5. The zero-order valence-corrected chi connectivity index (χ0v) is 8.72. The third-order valence-electron chi connectivity index (χ3n) is 2.47. The van der Waals surface area contributed by atoms with Gasteiger partial charge >= 0.3 is 94.2 Å². The van der Waals surface area contributed by atoms with E-state index in [0.29, 0.717) is 5.46 Å². The molecule has 0 aliphatic rings. The first-order valence-electron chi connectivity index (χ1n) is 4.96. The molecule has 3 heteroatoms. The van der Waals surface area contributed by atoms with E-state index >= 15 is 0 Å². The average molecular weight is 210 g/mol. The second kappa shape index (κ2) is 4.23. The molecule has 0 aliphatic carbocycles. The predicted octanol–water partition coefficient (Wildman–Crippen LogP) is 2.75. The van der Waals surface area contributed by atoms with Crippen LogP contribution in [-0.4, -0.2) is 17.1 Å². The number of hydrogen-bond donors (Lipinski definition) is 2. The molecule has 0 radical (unpaired) electrons. The van der Waals surface area contributed by atoms with Gasteiger partial charge in [0.15, 0.2) is 0 Å². The zero-order valence-electron chi connectivity index (χ0n) is 8.72. The molecule has 0 fully saturated rings. The summed E-state index contributed by atoms with van der Waals surface area (Å²) in [5.41, 5.74) is 2.50. The fraction of sp³-hybridized carbons (Fsp3) is 0. The predicted molar refractivity (Wildman–Crippen MR) is 66.6 cm³/mol. The summed E-state index contributed by atoms with van der Waals surface area (Å²) in [7, 11) is 0. The van der Waals surface area contributed by atoms with Gasteiger partial charge in [0.2, 0.25) is 0 Å². The summed E-state index contributed by atoms with van der Waals surface area (Å²) in [6, 6.07) is 9.03. The molecule has 0 spiro atoms. The van der Waals surface area contributed by atoms with E-state index in [9.17, 15) is 10.2 Å². The van der Waals surface area contributed by atoms with Crippen molar-refractivity contribution in [3.63, 3.8) is 0 Å².